The Labute approximate surface area is 160 Å². The minimum atomic E-state index is -0.561. The van der Waals surface area contributed by atoms with E-state index in [9.17, 15) is 9.50 Å². The molecule has 2 aliphatic rings. The predicted molar refractivity (Wildman–Crippen MR) is 103 cm³/mol. The van der Waals surface area contributed by atoms with Crippen molar-refractivity contribution in [3.8, 4) is 5.75 Å². The van der Waals surface area contributed by atoms with Gasteiger partial charge in [0.25, 0.3) is 0 Å². The minimum absolute atomic E-state index is 0.181. The van der Waals surface area contributed by atoms with E-state index < -0.39 is 5.60 Å². The SMILES string of the molecule is COc1ccc([C@H]2[C@@H]3CCCC[C@@]3(O)CC[NH+]2Cc2cccc(F)c2)cc1. The zero-order valence-electron chi connectivity index (χ0n) is 16.0. The van der Waals surface area contributed by atoms with Crippen LogP contribution in [0, 0.1) is 11.7 Å². The van der Waals surface area contributed by atoms with E-state index in [0.717, 1.165) is 50.1 Å². The van der Waals surface area contributed by atoms with E-state index in [1.165, 1.54) is 23.0 Å². The van der Waals surface area contributed by atoms with E-state index in [2.05, 4.69) is 12.1 Å². The maximum atomic E-state index is 13.7. The molecule has 1 saturated heterocycles. The Morgan fingerprint density at radius 3 is 2.70 bits per heavy atom. The van der Waals surface area contributed by atoms with Gasteiger partial charge in [0.1, 0.15) is 24.2 Å². The zero-order valence-corrected chi connectivity index (χ0v) is 16.0. The first-order chi connectivity index (χ1) is 13.1. The second-order valence-electron chi connectivity index (χ2n) is 8.17. The standard InChI is InChI=1S/C23H28FNO2/c1-27-20-10-8-18(9-11-20)22-21-7-2-3-12-23(21,26)13-14-25(22)16-17-5-4-6-19(24)15-17/h4-6,8-11,15,21-22,26H,2-3,7,12-14,16H2,1H3/p+1/t21-,22-,23+/m0/s1. The van der Waals surface area contributed by atoms with Crippen molar-refractivity contribution in [1.29, 1.82) is 0 Å². The summed E-state index contributed by atoms with van der Waals surface area (Å²) in [7, 11) is 1.68. The van der Waals surface area contributed by atoms with Crippen LogP contribution in [0.2, 0.25) is 0 Å². The van der Waals surface area contributed by atoms with E-state index in [4.69, 9.17) is 4.74 Å². The molecule has 0 aromatic heterocycles. The summed E-state index contributed by atoms with van der Waals surface area (Å²) < 4.78 is 19.0. The molecule has 0 amide bonds. The number of halogens is 1. The molecule has 2 aromatic carbocycles. The molecular weight excluding hydrogens is 341 g/mol. The lowest BCUT2D eigenvalue weighted by Gasteiger charge is -2.50. The maximum Gasteiger partial charge on any atom is 0.123 e. The van der Waals surface area contributed by atoms with Crippen LogP contribution in [0.5, 0.6) is 5.75 Å². The quantitative estimate of drug-likeness (QED) is 0.866. The highest BCUT2D eigenvalue weighted by molar-refractivity contribution is 5.29. The summed E-state index contributed by atoms with van der Waals surface area (Å²) in [6, 6.07) is 15.4. The molecule has 4 heteroatoms. The molecule has 2 fully saturated rings. The van der Waals surface area contributed by atoms with Gasteiger partial charge >= 0.3 is 0 Å². The number of nitrogens with one attached hydrogen (secondary N) is 1. The molecule has 1 aliphatic heterocycles. The minimum Gasteiger partial charge on any atom is -0.497 e. The number of quaternary nitrogens is 1. The summed E-state index contributed by atoms with van der Waals surface area (Å²) in [6.07, 6.45) is 5.07. The van der Waals surface area contributed by atoms with Crippen LogP contribution in [0.15, 0.2) is 48.5 Å². The molecule has 0 radical (unpaired) electrons. The highest BCUT2D eigenvalue weighted by Crippen LogP contribution is 2.44. The van der Waals surface area contributed by atoms with Gasteiger partial charge in [0.15, 0.2) is 0 Å². The Balaban J connectivity index is 1.67. The van der Waals surface area contributed by atoms with E-state index in [0.29, 0.717) is 0 Å². The maximum absolute atomic E-state index is 13.7. The third-order valence-electron chi connectivity index (χ3n) is 6.58. The average molecular weight is 370 g/mol. The molecule has 1 unspecified atom stereocenters. The molecule has 2 aromatic rings. The largest absolute Gasteiger partial charge is 0.497 e. The number of hydrogen-bond acceptors (Lipinski definition) is 2. The summed E-state index contributed by atoms with van der Waals surface area (Å²) in [5.41, 5.74) is 1.70. The number of aliphatic hydroxyl groups is 1. The molecule has 144 valence electrons. The molecule has 1 saturated carbocycles. The fourth-order valence-electron chi connectivity index (χ4n) is 5.24. The van der Waals surface area contributed by atoms with Crippen LogP contribution >= 0.6 is 0 Å². The van der Waals surface area contributed by atoms with Crippen LogP contribution in [0.3, 0.4) is 0 Å². The van der Waals surface area contributed by atoms with Crippen molar-refractivity contribution in [3.05, 3.63) is 65.5 Å². The van der Waals surface area contributed by atoms with E-state index in [1.807, 2.05) is 18.2 Å². The Hall–Kier alpha value is -1.91. The summed E-state index contributed by atoms with van der Waals surface area (Å²) in [6.45, 7) is 1.68. The molecule has 2 N–H and O–H groups in total. The lowest BCUT2D eigenvalue weighted by molar-refractivity contribution is -0.958. The normalized spacial score (nSPS) is 30.6. The zero-order chi connectivity index (χ0) is 18.9. The first-order valence-electron chi connectivity index (χ1n) is 10.0. The molecule has 4 atom stereocenters. The lowest BCUT2D eigenvalue weighted by Crippen LogP contribution is -3.13. The smallest absolute Gasteiger partial charge is 0.123 e. The molecule has 4 rings (SSSR count). The second-order valence-corrected chi connectivity index (χ2v) is 8.17. The number of benzene rings is 2. The van der Waals surface area contributed by atoms with Crippen molar-refractivity contribution in [2.75, 3.05) is 13.7 Å². The number of hydrogen-bond donors (Lipinski definition) is 2. The van der Waals surface area contributed by atoms with Gasteiger partial charge in [0.2, 0.25) is 0 Å². The van der Waals surface area contributed by atoms with Crippen molar-refractivity contribution >= 4 is 0 Å². The van der Waals surface area contributed by atoms with Crippen molar-refractivity contribution in [2.45, 2.75) is 50.3 Å². The van der Waals surface area contributed by atoms with Crippen LogP contribution < -0.4 is 9.64 Å². The summed E-state index contributed by atoms with van der Waals surface area (Å²) >= 11 is 0. The number of piperidine rings is 1. The topological polar surface area (TPSA) is 33.9 Å². The summed E-state index contributed by atoms with van der Waals surface area (Å²) in [5, 5.41) is 11.4. The number of likely N-dealkylation sites (tertiary alicyclic amines) is 1. The van der Waals surface area contributed by atoms with E-state index in [-0.39, 0.29) is 17.8 Å². The Bertz CT molecular complexity index is 778. The highest BCUT2D eigenvalue weighted by atomic mass is 19.1. The number of methoxy groups -OCH3 is 1. The number of fused-ring (bicyclic) bond motifs is 1. The fraction of sp³-hybridized carbons (Fsp3) is 0.478. The Kier molecular flexibility index (Phi) is 5.20. The van der Waals surface area contributed by atoms with Crippen molar-refractivity contribution in [2.24, 2.45) is 5.92 Å². The first kappa shape index (κ1) is 18.5. The van der Waals surface area contributed by atoms with Crippen LogP contribution in [-0.4, -0.2) is 24.4 Å². The first-order valence-corrected chi connectivity index (χ1v) is 10.0. The monoisotopic (exact) mass is 370 g/mol. The Morgan fingerprint density at radius 2 is 1.96 bits per heavy atom. The van der Waals surface area contributed by atoms with Gasteiger partial charge in [-0.3, -0.25) is 0 Å². The average Bonchev–Trinajstić information content (AvgIpc) is 2.68. The summed E-state index contributed by atoms with van der Waals surface area (Å²) in [4.78, 5) is 1.42. The van der Waals surface area contributed by atoms with Crippen molar-refractivity contribution in [1.82, 2.24) is 0 Å². The van der Waals surface area contributed by atoms with E-state index in [1.54, 1.807) is 19.2 Å². The van der Waals surface area contributed by atoms with Gasteiger partial charge in [-0.15, -0.1) is 0 Å². The van der Waals surface area contributed by atoms with Gasteiger partial charge in [-0.1, -0.05) is 25.0 Å². The molecule has 1 heterocycles. The van der Waals surface area contributed by atoms with Crippen LogP contribution in [0.1, 0.15) is 49.3 Å². The van der Waals surface area contributed by atoms with Crippen LogP contribution in [-0.2, 0) is 6.54 Å². The van der Waals surface area contributed by atoms with Gasteiger partial charge in [-0.05, 0) is 49.2 Å². The molecule has 1 aliphatic carbocycles. The van der Waals surface area contributed by atoms with Crippen LogP contribution in [0.4, 0.5) is 4.39 Å². The van der Waals surface area contributed by atoms with Gasteiger partial charge < -0.3 is 14.7 Å². The van der Waals surface area contributed by atoms with E-state index >= 15 is 0 Å². The lowest BCUT2D eigenvalue weighted by atomic mass is 9.66. The third kappa shape index (κ3) is 3.74. The Morgan fingerprint density at radius 1 is 1.15 bits per heavy atom. The highest BCUT2D eigenvalue weighted by Gasteiger charge is 2.51. The molecule has 3 nitrogen and oxygen atoms in total. The molecule has 0 bridgehead atoms. The van der Waals surface area contributed by atoms with Crippen LogP contribution in [0.25, 0.3) is 0 Å². The third-order valence-corrected chi connectivity index (χ3v) is 6.58. The molecular formula is C23H29FNO2+. The van der Waals surface area contributed by atoms with Gasteiger partial charge in [-0.25, -0.2) is 4.39 Å². The number of rotatable bonds is 4. The fourth-order valence-corrected chi connectivity index (χ4v) is 5.24. The predicted octanol–water partition coefficient (Wildman–Crippen LogP) is 3.29. The molecule has 0 spiro atoms. The van der Waals surface area contributed by atoms with Crippen molar-refractivity contribution in [3.63, 3.8) is 0 Å². The number of ether oxygens (including phenoxy) is 1. The second kappa shape index (κ2) is 7.61. The molecule has 27 heavy (non-hydrogen) atoms. The van der Waals surface area contributed by atoms with Gasteiger partial charge in [-0.2, -0.15) is 0 Å². The van der Waals surface area contributed by atoms with Crippen molar-refractivity contribution < 1.29 is 19.1 Å². The van der Waals surface area contributed by atoms with Gasteiger partial charge in [0.05, 0.1) is 19.3 Å². The summed E-state index contributed by atoms with van der Waals surface area (Å²) in [5.74, 6) is 0.913. The van der Waals surface area contributed by atoms with Gasteiger partial charge in [0, 0.05) is 23.5 Å².